The van der Waals surface area contributed by atoms with Crippen LogP contribution < -0.4 is 15.4 Å². The molecule has 3 rings (SSSR count). The Labute approximate surface area is 196 Å². The van der Waals surface area contributed by atoms with E-state index in [4.69, 9.17) is 0 Å². The van der Waals surface area contributed by atoms with Crippen LogP contribution in [0.4, 0.5) is 13.2 Å². The maximum absolute atomic E-state index is 14.4. The number of nitrogens with one attached hydrogen (secondary N) is 2. The van der Waals surface area contributed by atoms with Crippen molar-refractivity contribution in [2.75, 3.05) is 7.05 Å². The second kappa shape index (κ2) is 11.0. The highest BCUT2D eigenvalue weighted by Crippen LogP contribution is 2.22. The van der Waals surface area contributed by atoms with E-state index in [9.17, 15) is 22.8 Å². The van der Waals surface area contributed by atoms with Crippen LogP contribution in [0.3, 0.4) is 0 Å². The first-order valence-corrected chi connectivity index (χ1v) is 11.0. The first kappa shape index (κ1) is 25.1. The number of hydrogen-bond donors (Lipinski definition) is 2. The van der Waals surface area contributed by atoms with E-state index in [0.717, 1.165) is 11.3 Å². The maximum atomic E-state index is 14.4. The summed E-state index contributed by atoms with van der Waals surface area (Å²) in [7, 11) is 1.48. The molecular formula is C20H22F3N7O3S. The minimum absolute atomic E-state index is 0.0148. The zero-order chi connectivity index (χ0) is 24.7. The summed E-state index contributed by atoms with van der Waals surface area (Å²) in [6.07, 6.45) is -2.87. The van der Waals surface area contributed by atoms with Gasteiger partial charge in [0.15, 0.2) is 5.69 Å². The number of aryl methyl sites for hydroxylation is 1. The first-order chi connectivity index (χ1) is 16.1. The summed E-state index contributed by atoms with van der Waals surface area (Å²) >= 11 is 1.10. The fraction of sp³-hybridized carbons (Fsp3) is 0.400. The molecule has 3 aromatic rings. The molecule has 0 aliphatic heterocycles. The Kier molecular flexibility index (Phi) is 8.15. The van der Waals surface area contributed by atoms with Crippen molar-refractivity contribution in [1.82, 2.24) is 35.8 Å². The number of ether oxygens (including phenoxy) is 1. The maximum Gasteiger partial charge on any atom is 0.394 e. The number of alkyl halides is 3. The molecule has 1 aromatic carbocycles. The minimum atomic E-state index is -3.32. The van der Waals surface area contributed by atoms with Gasteiger partial charge in [0.25, 0.3) is 11.8 Å². The van der Waals surface area contributed by atoms with E-state index < -0.39 is 18.2 Å². The van der Waals surface area contributed by atoms with E-state index in [-0.39, 0.29) is 41.9 Å². The van der Waals surface area contributed by atoms with Crippen molar-refractivity contribution in [3.8, 4) is 5.75 Å². The first-order valence-electron chi connectivity index (χ1n) is 10.2. The third-order valence-electron chi connectivity index (χ3n) is 4.36. The van der Waals surface area contributed by atoms with Gasteiger partial charge in [-0.25, -0.2) is 9.07 Å². The van der Waals surface area contributed by atoms with Crippen LogP contribution in [0, 0.1) is 0 Å². The van der Waals surface area contributed by atoms with Crippen molar-refractivity contribution in [1.29, 1.82) is 0 Å². The Balaban J connectivity index is 1.47. The predicted octanol–water partition coefficient (Wildman–Crippen LogP) is 2.38. The highest BCUT2D eigenvalue weighted by molar-refractivity contribution is 7.13. The minimum Gasteiger partial charge on any atom is -0.433 e. The summed E-state index contributed by atoms with van der Waals surface area (Å²) in [6, 6.07) is 5.94. The molecule has 0 aliphatic carbocycles. The molecule has 10 nitrogen and oxygen atoms in total. The quantitative estimate of drug-likeness (QED) is 0.417. The fourth-order valence-corrected chi connectivity index (χ4v) is 3.62. The van der Waals surface area contributed by atoms with Crippen molar-refractivity contribution < 1.29 is 27.5 Å². The smallest absolute Gasteiger partial charge is 0.394 e. The van der Waals surface area contributed by atoms with Crippen molar-refractivity contribution in [3.05, 3.63) is 51.7 Å². The second-order valence-corrected chi connectivity index (χ2v) is 8.34. The molecule has 0 spiro atoms. The molecule has 0 saturated carbocycles. The van der Waals surface area contributed by atoms with Crippen LogP contribution in [0.25, 0.3) is 0 Å². The van der Waals surface area contributed by atoms with E-state index in [0.29, 0.717) is 23.9 Å². The second-order valence-electron chi connectivity index (χ2n) is 7.28. The van der Waals surface area contributed by atoms with E-state index in [1.165, 1.54) is 36.1 Å². The van der Waals surface area contributed by atoms with Crippen molar-refractivity contribution in [2.24, 2.45) is 0 Å². The number of hydrogen-bond acceptors (Lipinski definition) is 8. The van der Waals surface area contributed by atoms with Crippen LogP contribution in [-0.2, 0) is 19.5 Å². The number of amides is 2. The van der Waals surface area contributed by atoms with Gasteiger partial charge < -0.3 is 15.4 Å². The molecule has 2 N–H and O–H groups in total. The molecule has 34 heavy (non-hydrogen) atoms. The molecule has 2 amide bonds. The van der Waals surface area contributed by atoms with Gasteiger partial charge in [-0.3, -0.25) is 9.59 Å². The third-order valence-corrected chi connectivity index (χ3v) is 5.35. The Morgan fingerprint density at radius 2 is 2.03 bits per heavy atom. The van der Waals surface area contributed by atoms with Crippen LogP contribution in [0.15, 0.2) is 30.5 Å². The summed E-state index contributed by atoms with van der Waals surface area (Å²) in [6.45, 7) is 0.558. The Morgan fingerprint density at radius 1 is 1.24 bits per heavy atom. The lowest BCUT2D eigenvalue weighted by molar-refractivity contribution is -0.159. The zero-order valence-corrected chi connectivity index (χ0v) is 19.1. The van der Waals surface area contributed by atoms with Gasteiger partial charge >= 0.3 is 6.11 Å². The average Bonchev–Trinajstić information content (AvgIpc) is 3.44. The molecule has 0 bridgehead atoms. The summed E-state index contributed by atoms with van der Waals surface area (Å²) < 4.78 is 46.1. The molecular weight excluding hydrogens is 475 g/mol. The Bertz CT molecular complexity index is 1130. The van der Waals surface area contributed by atoms with Crippen LogP contribution in [0.1, 0.15) is 44.2 Å². The summed E-state index contributed by atoms with van der Waals surface area (Å²) in [5.74, 6) is -0.931. The van der Waals surface area contributed by atoms with Crippen LogP contribution in [0.2, 0.25) is 0 Å². The molecule has 182 valence electrons. The number of rotatable bonds is 11. The van der Waals surface area contributed by atoms with Gasteiger partial charge in [0, 0.05) is 26.9 Å². The van der Waals surface area contributed by atoms with Gasteiger partial charge in [-0.05, 0) is 24.1 Å². The van der Waals surface area contributed by atoms with Gasteiger partial charge in [-0.2, -0.15) is 8.78 Å². The van der Waals surface area contributed by atoms with Crippen molar-refractivity contribution in [3.63, 3.8) is 0 Å². The molecule has 0 saturated heterocycles. The molecule has 1 unspecified atom stereocenters. The predicted molar refractivity (Wildman–Crippen MR) is 115 cm³/mol. The number of benzene rings is 1. The molecule has 1 atom stereocenters. The zero-order valence-electron chi connectivity index (χ0n) is 18.3. The monoisotopic (exact) mass is 497 g/mol. The molecule has 0 fully saturated rings. The summed E-state index contributed by atoms with van der Waals surface area (Å²) in [5, 5.41) is 20.9. The van der Waals surface area contributed by atoms with Gasteiger partial charge in [0.05, 0.1) is 12.7 Å². The lowest BCUT2D eigenvalue weighted by Gasteiger charge is -2.13. The Hall–Kier alpha value is -3.55. The number of halogens is 3. The van der Waals surface area contributed by atoms with Crippen LogP contribution in [-0.4, -0.2) is 56.3 Å². The molecule has 0 radical (unpaired) electrons. The number of carbonyl (C=O) groups is 2. The number of aromatic nitrogens is 5. The number of nitrogens with zero attached hydrogens (tertiary/aromatic N) is 5. The van der Waals surface area contributed by atoms with Crippen molar-refractivity contribution >= 4 is 23.2 Å². The van der Waals surface area contributed by atoms with Gasteiger partial charge in [-0.1, -0.05) is 28.7 Å². The highest BCUT2D eigenvalue weighted by atomic mass is 32.1. The molecule has 2 heterocycles. The van der Waals surface area contributed by atoms with E-state index in [1.807, 2.05) is 0 Å². The van der Waals surface area contributed by atoms with Crippen molar-refractivity contribution in [2.45, 2.75) is 45.1 Å². The van der Waals surface area contributed by atoms with Crippen LogP contribution in [0.5, 0.6) is 5.75 Å². The third kappa shape index (κ3) is 7.50. The van der Waals surface area contributed by atoms with Gasteiger partial charge in [-0.15, -0.1) is 15.3 Å². The highest BCUT2D eigenvalue weighted by Gasteiger charge is 2.23. The van der Waals surface area contributed by atoms with Crippen LogP contribution >= 0.6 is 11.3 Å². The van der Waals surface area contributed by atoms with Gasteiger partial charge in [0.1, 0.15) is 16.9 Å². The largest absolute Gasteiger partial charge is 0.433 e. The molecule has 14 heteroatoms. The fourth-order valence-electron chi connectivity index (χ4n) is 2.82. The summed E-state index contributed by atoms with van der Waals surface area (Å²) in [5.41, 5.74) is 0.529. The lowest BCUT2D eigenvalue weighted by Crippen LogP contribution is -2.23. The van der Waals surface area contributed by atoms with E-state index in [1.54, 1.807) is 6.07 Å². The summed E-state index contributed by atoms with van der Waals surface area (Å²) in [4.78, 5) is 23.8. The topological polar surface area (TPSA) is 124 Å². The molecule has 2 aromatic heterocycles. The van der Waals surface area contributed by atoms with Gasteiger partial charge in [0.2, 0.25) is 5.01 Å². The van der Waals surface area contributed by atoms with E-state index >= 15 is 0 Å². The Morgan fingerprint density at radius 3 is 2.76 bits per heavy atom. The van der Waals surface area contributed by atoms with E-state index in [2.05, 4.69) is 35.9 Å². The normalized spacial score (nSPS) is 12.3. The standard InChI is InChI=1S/C20H22F3N7O3S/c1-20(22,23)33-14-5-3-4-12(8-14)9-25-17(31)15-11-30(29-26-15)10-13(21)6-7-16-27-28-19(34-16)18(32)24-2/h3-5,8,11,13H,6-7,9-10H2,1-2H3,(H,24,32)(H,25,31). The number of carbonyl (C=O) groups excluding carboxylic acids is 2. The average molecular weight is 498 g/mol. The SMILES string of the molecule is CNC(=O)c1nnc(CCC(F)Cn2cc(C(=O)NCc3cccc(OC(C)(F)F)c3)nn2)s1. The lowest BCUT2D eigenvalue weighted by atomic mass is 10.2. The molecule has 0 aliphatic rings.